The van der Waals surface area contributed by atoms with Crippen LogP contribution in [0, 0.1) is 17.2 Å². The molecule has 3 saturated heterocycles. The molecular weight excluding hydrogens is 434 g/mol. The Morgan fingerprint density at radius 1 is 1.23 bits per heavy atom. The van der Waals surface area contributed by atoms with Crippen molar-refractivity contribution < 1.29 is 26.6 Å². The Hall–Kier alpha value is -1.52. The highest BCUT2D eigenvalue weighted by molar-refractivity contribution is 7.83. The van der Waals surface area contributed by atoms with Crippen LogP contribution in [0.4, 0.5) is 17.6 Å². The smallest absolute Gasteiger partial charge is 0.344 e. The molecule has 1 saturated carbocycles. The molecule has 4 aliphatic rings. The molecule has 1 aromatic rings. The molecule has 1 N–H and O–H groups in total. The minimum absolute atomic E-state index is 0.129. The van der Waals surface area contributed by atoms with E-state index in [-0.39, 0.29) is 22.4 Å². The van der Waals surface area contributed by atoms with Gasteiger partial charge in [0.1, 0.15) is 5.82 Å². The highest BCUT2D eigenvalue weighted by Gasteiger charge is 2.52. The molecule has 4 fully saturated rings. The maximum absolute atomic E-state index is 13.0. The molecule has 1 aliphatic carbocycles. The van der Waals surface area contributed by atoms with Crippen LogP contribution >= 0.6 is 0 Å². The molecule has 1 aromatic carbocycles. The van der Waals surface area contributed by atoms with Gasteiger partial charge < -0.3 is 9.80 Å². The fourth-order valence-corrected chi connectivity index (χ4v) is 6.99. The van der Waals surface area contributed by atoms with Crippen molar-refractivity contribution in [3.8, 4) is 0 Å². The summed E-state index contributed by atoms with van der Waals surface area (Å²) in [6, 6.07) is 2.89. The Morgan fingerprint density at radius 3 is 2.42 bits per heavy atom. The van der Waals surface area contributed by atoms with Crippen molar-refractivity contribution in [2.45, 2.75) is 37.4 Å². The number of amides is 1. The van der Waals surface area contributed by atoms with Crippen LogP contribution in [0.1, 0.15) is 30.4 Å². The number of nitrogens with zero attached hydrogens (tertiary/aromatic N) is 2. The van der Waals surface area contributed by atoms with Gasteiger partial charge in [-0.05, 0) is 56.3 Å². The highest BCUT2D eigenvalue weighted by Crippen LogP contribution is 2.52. The first-order valence-corrected chi connectivity index (χ1v) is 11.7. The molecule has 1 unspecified atom stereocenters. The average molecular weight is 462 g/mol. The minimum atomic E-state index is -4.52. The lowest BCUT2D eigenvalue weighted by atomic mass is 9.56. The zero-order valence-electron chi connectivity index (χ0n) is 17.4. The number of likely N-dealkylation sites (N-methyl/N-ethyl adjacent to an activating group) is 1. The summed E-state index contributed by atoms with van der Waals surface area (Å²) in [6.07, 6.45) is -0.635. The number of benzene rings is 1. The Morgan fingerprint density at radius 2 is 1.90 bits per heavy atom. The van der Waals surface area contributed by atoms with Gasteiger partial charge in [0, 0.05) is 37.3 Å². The summed E-state index contributed by atoms with van der Waals surface area (Å²) >= 11 is 0. The first-order chi connectivity index (χ1) is 14.5. The number of hydrogen-bond donors (Lipinski definition) is 1. The number of carbonyl (C=O) groups excluding carboxylic acids is 1. The van der Waals surface area contributed by atoms with E-state index in [0.29, 0.717) is 25.6 Å². The fourth-order valence-electron chi connectivity index (χ4n) is 5.60. The second-order valence-corrected chi connectivity index (χ2v) is 10.9. The summed E-state index contributed by atoms with van der Waals surface area (Å²) in [5.74, 6) is 0.163. The lowest BCUT2D eigenvalue weighted by Crippen LogP contribution is -2.65. The summed E-state index contributed by atoms with van der Waals surface area (Å²) in [4.78, 5) is 14.5. The predicted octanol–water partition coefficient (Wildman–Crippen LogP) is 2.58. The summed E-state index contributed by atoms with van der Waals surface area (Å²) in [6.45, 7) is 3.56. The van der Waals surface area contributed by atoms with Crippen LogP contribution < -0.4 is 4.72 Å². The van der Waals surface area contributed by atoms with E-state index >= 15 is 0 Å². The van der Waals surface area contributed by atoms with Gasteiger partial charge >= 0.3 is 6.18 Å². The van der Waals surface area contributed by atoms with Gasteiger partial charge in [-0.2, -0.15) is 13.2 Å². The summed E-state index contributed by atoms with van der Waals surface area (Å²) in [5, 5.41) is 0. The maximum Gasteiger partial charge on any atom is 0.416 e. The van der Waals surface area contributed by atoms with Crippen molar-refractivity contribution in [3.63, 3.8) is 0 Å². The van der Waals surface area contributed by atoms with E-state index in [1.807, 2.05) is 0 Å². The van der Waals surface area contributed by atoms with Gasteiger partial charge in [0.2, 0.25) is 6.41 Å². The standard InChI is InChI=1S/C15H15F4NO.C6H12N2OS/c16-12-2-1-11(13(4-12)15(17,18)19)3-10-5-14(6-10)7-20(8-14)9-21;1-8-4-6(5-8)2-3-10(9)7-6/h1-2,4,9-10H,3,5-8H2;7H,2-5H2,1H3. The summed E-state index contributed by atoms with van der Waals surface area (Å²) < 4.78 is 65.9. The van der Waals surface area contributed by atoms with Crippen LogP contribution in [0.2, 0.25) is 0 Å². The molecule has 10 heteroatoms. The Balaban J connectivity index is 0.000000192. The quantitative estimate of drug-likeness (QED) is 0.556. The third-order valence-electron chi connectivity index (χ3n) is 6.80. The van der Waals surface area contributed by atoms with Crippen LogP contribution in [-0.2, 0) is 28.4 Å². The largest absolute Gasteiger partial charge is 0.416 e. The number of alkyl halides is 3. The molecule has 31 heavy (non-hydrogen) atoms. The third kappa shape index (κ3) is 4.80. The molecule has 5 rings (SSSR count). The van der Waals surface area contributed by atoms with Gasteiger partial charge in [-0.25, -0.2) is 13.3 Å². The molecule has 1 atom stereocenters. The van der Waals surface area contributed by atoms with E-state index in [2.05, 4.69) is 16.7 Å². The number of halogens is 4. The fraction of sp³-hybridized carbons (Fsp3) is 0.667. The second kappa shape index (κ2) is 8.12. The first kappa shape index (κ1) is 22.7. The Bertz CT molecular complexity index is 859. The number of carbonyl (C=O) groups is 1. The molecule has 3 aliphatic heterocycles. The van der Waals surface area contributed by atoms with Crippen molar-refractivity contribution in [2.24, 2.45) is 11.3 Å². The molecule has 2 spiro atoms. The Kier molecular flexibility index (Phi) is 5.93. The second-order valence-electron chi connectivity index (χ2n) is 9.64. The number of nitrogens with one attached hydrogen (secondary N) is 1. The Labute approximate surface area is 181 Å². The molecule has 172 valence electrons. The maximum atomic E-state index is 13.0. The van der Waals surface area contributed by atoms with Gasteiger partial charge in [0.15, 0.2) is 0 Å². The van der Waals surface area contributed by atoms with Gasteiger partial charge in [-0.1, -0.05) is 6.07 Å². The van der Waals surface area contributed by atoms with E-state index in [0.717, 1.165) is 50.6 Å². The van der Waals surface area contributed by atoms with E-state index < -0.39 is 28.5 Å². The van der Waals surface area contributed by atoms with Crippen LogP contribution in [0.5, 0.6) is 0 Å². The van der Waals surface area contributed by atoms with Crippen LogP contribution in [0.15, 0.2) is 18.2 Å². The zero-order chi connectivity index (χ0) is 22.4. The lowest BCUT2D eigenvalue weighted by molar-refractivity contribution is -0.143. The third-order valence-corrected chi connectivity index (χ3v) is 8.03. The highest BCUT2D eigenvalue weighted by atomic mass is 32.2. The lowest BCUT2D eigenvalue weighted by Gasteiger charge is -2.58. The van der Waals surface area contributed by atoms with Crippen molar-refractivity contribution in [1.29, 1.82) is 0 Å². The van der Waals surface area contributed by atoms with Crippen LogP contribution in [-0.4, -0.2) is 64.9 Å². The van der Waals surface area contributed by atoms with Crippen molar-refractivity contribution in [3.05, 3.63) is 35.1 Å². The van der Waals surface area contributed by atoms with Crippen molar-refractivity contribution >= 4 is 17.4 Å². The predicted molar refractivity (Wildman–Crippen MR) is 109 cm³/mol. The van der Waals surface area contributed by atoms with E-state index in [9.17, 15) is 26.6 Å². The van der Waals surface area contributed by atoms with Gasteiger partial charge in [0.25, 0.3) is 0 Å². The minimum Gasteiger partial charge on any atom is -0.344 e. The van der Waals surface area contributed by atoms with Gasteiger partial charge in [-0.3, -0.25) is 4.79 Å². The normalized spacial score (nSPS) is 26.6. The molecule has 5 nitrogen and oxygen atoms in total. The van der Waals surface area contributed by atoms with Gasteiger partial charge in [0.05, 0.1) is 22.1 Å². The topological polar surface area (TPSA) is 52.7 Å². The molecule has 0 radical (unpaired) electrons. The molecular formula is C21H27F4N3O2S. The van der Waals surface area contributed by atoms with Crippen molar-refractivity contribution in [1.82, 2.24) is 14.5 Å². The van der Waals surface area contributed by atoms with Crippen LogP contribution in [0.25, 0.3) is 0 Å². The molecule has 3 heterocycles. The van der Waals surface area contributed by atoms with Crippen LogP contribution in [0.3, 0.4) is 0 Å². The number of hydrogen-bond acceptors (Lipinski definition) is 3. The molecule has 0 bridgehead atoms. The van der Waals surface area contributed by atoms with E-state index in [1.54, 1.807) is 4.90 Å². The molecule has 0 aromatic heterocycles. The zero-order valence-corrected chi connectivity index (χ0v) is 18.2. The molecule has 1 amide bonds. The van der Waals surface area contributed by atoms with E-state index in [1.165, 1.54) is 6.07 Å². The monoisotopic (exact) mass is 461 g/mol. The van der Waals surface area contributed by atoms with Crippen molar-refractivity contribution in [2.75, 3.05) is 39.0 Å². The SMILES string of the molecule is CN1CC2(CCS(=O)N2)C1.O=CN1CC2(CC(Cc3ccc(F)cc3C(F)(F)F)C2)C1. The number of rotatable bonds is 3. The van der Waals surface area contributed by atoms with Gasteiger partial charge in [-0.15, -0.1) is 0 Å². The number of likely N-dealkylation sites (tertiary alicyclic amines) is 2. The van der Waals surface area contributed by atoms with E-state index in [4.69, 9.17) is 0 Å². The summed E-state index contributed by atoms with van der Waals surface area (Å²) in [7, 11) is 1.36. The summed E-state index contributed by atoms with van der Waals surface area (Å²) in [5.41, 5.74) is -0.342. The average Bonchev–Trinajstić information content (AvgIpc) is 2.98. The first-order valence-electron chi connectivity index (χ1n) is 10.4.